The molecule has 2 aromatic rings. The van der Waals surface area contributed by atoms with Crippen molar-refractivity contribution in [2.24, 2.45) is 0 Å². The first kappa shape index (κ1) is 24.6. The molecular formula is C21H29NO6S. The Labute approximate surface area is 172 Å². The van der Waals surface area contributed by atoms with Crippen LogP contribution in [0, 0.1) is 6.92 Å². The number of aryl methyl sites for hydroxylation is 1. The quantitative estimate of drug-likeness (QED) is 0.636. The maximum Gasteiger partial charge on any atom is 0.407 e. The number of amides is 1. The monoisotopic (exact) mass is 423 g/mol. The second kappa shape index (κ2) is 10.9. The van der Waals surface area contributed by atoms with Gasteiger partial charge in [-0.3, -0.25) is 4.55 Å². The minimum Gasteiger partial charge on any atom is -0.444 e. The SMILES string of the molecule is CC(C)(C)OC(=O)N[C@H](CO)Cc1ccccc1.Cc1ccc(S(=O)(=O)O)cc1. The Kier molecular flexibility index (Phi) is 9.29. The molecule has 29 heavy (non-hydrogen) atoms. The van der Waals surface area contributed by atoms with Gasteiger partial charge in [-0.05, 0) is 51.8 Å². The average Bonchev–Trinajstić information content (AvgIpc) is 2.60. The first-order chi connectivity index (χ1) is 13.4. The lowest BCUT2D eigenvalue weighted by Crippen LogP contribution is -2.42. The molecule has 7 nitrogen and oxygen atoms in total. The van der Waals surface area contributed by atoms with Gasteiger partial charge in [0, 0.05) is 0 Å². The molecule has 0 saturated heterocycles. The number of nitrogens with one attached hydrogen (secondary N) is 1. The Hall–Kier alpha value is -2.42. The van der Waals surface area contributed by atoms with E-state index >= 15 is 0 Å². The summed E-state index contributed by atoms with van der Waals surface area (Å²) in [5.74, 6) is 0. The highest BCUT2D eigenvalue weighted by Crippen LogP contribution is 2.09. The van der Waals surface area contributed by atoms with Gasteiger partial charge in [-0.15, -0.1) is 0 Å². The highest BCUT2D eigenvalue weighted by Gasteiger charge is 2.19. The molecule has 3 N–H and O–H groups in total. The summed E-state index contributed by atoms with van der Waals surface area (Å²) in [5.41, 5.74) is 1.49. The maximum absolute atomic E-state index is 11.6. The molecule has 0 heterocycles. The molecule has 2 rings (SSSR count). The van der Waals surface area contributed by atoms with Crippen LogP contribution in [0.5, 0.6) is 0 Å². The van der Waals surface area contributed by atoms with Gasteiger partial charge in [-0.1, -0.05) is 48.0 Å². The highest BCUT2D eigenvalue weighted by molar-refractivity contribution is 7.85. The number of ether oxygens (including phenoxy) is 1. The van der Waals surface area contributed by atoms with Crippen LogP contribution in [0.3, 0.4) is 0 Å². The molecule has 8 heteroatoms. The normalized spacial score (nSPS) is 12.3. The number of hydrogen-bond acceptors (Lipinski definition) is 5. The molecule has 0 aliphatic heterocycles. The van der Waals surface area contributed by atoms with E-state index in [4.69, 9.17) is 9.29 Å². The van der Waals surface area contributed by atoms with Gasteiger partial charge in [0.1, 0.15) is 5.60 Å². The number of aliphatic hydroxyl groups is 1. The third-order valence-corrected chi connectivity index (χ3v) is 4.45. The summed E-state index contributed by atoms with van der Waals surface area (Å²) in [5, 5.41) is 11.9. The van der Waals surface area contributed by atoms with Crippen LogP contribution in [-0.4, -0.2) is 42.4 Å². The second-order valence-electron chi connectivity index (χ2n) is 7.50. The lowest BCUT2D eigenvalue weighted by Gasteiger charge is -2.22. The van der Waals surface area contributed by atoms with Crippen molar-refractivity contribution in [3.8, 4) is 0 Å². The Morgan fingerprint density at radius 2 is 1.62 bits per heavy atom. The van der Waals surface area contributed by atoms with Crippen molar-refractivity contribution in [2.75, 3.05) is 6.61 Å². The van der Waals surface area contributed by atoms with Gasteiger partial charge in [0.15, 0.2) is 0 Å². The minimum atomic E-state index is -4.02. The zero-order valence-electron chi connectivity index (χ0n) is 17.1. The first-order valence-corrected chi connectivity index (χ1v) is 10.5. The van der Waals surface area contributed by atoms with Crippen LogP contribution in [0.15, 0.2) is 59.5 Å². The smallest absolute Gasteiger partial charge is 0.407 e. The fourth-order valence-corrected chi connectivity index (χ4v) is 2.72. The van der Waals surface area contributed by atoms with Crippen molar-refractivity contribution < 1.29 is 27.6 Å². The summed E-state index contributed by atoms with van der Waals surface area (Å²) in [7, 11) is -4.02. The van der Waals surface area contributed by atoms with E-state index in [0.717, 1.165) is 11.1 Å². The Morgan fingerprint density at radius 3 is 2.07 bits per heavy atom. The summed E-state index contributed by atoms with van der Waals surface area (Å²) < 4.78 is 34.7. The number of alkyl carbamates (subject to hydrolysis) is 1. The van der Waals surface area contributed by atoms with E-state index in [9.17, 15) is 18.3 Å². The molecule has 1 amide bonds. The Balaban J connectivity index is 0.000000326. The number of carbonyl (C=O) groups excluding carboxylic acids is 1. The maximum atomic E-state index is 11.6. The number of carbonyl (C=O) groups is 1. The molecule has 0 unspecified atom stereocenters. The summed E-state index contributed by atoms with van der Waals surface area (Å²) in [4.78, 5) is 11.5. The van der Waals surface area contributed by atoms with E-state index in [-0.39, 0.29) is 17.5 Å². The van der Waals surface area contributed by atoms with Gasteiger partial charge in [-0.25, -0.2) is 4.79 Å². The fraction of sp³-hybridized carbons (Fsp3) is 0.381. The van der Waals surface area contributed by atoms with E-state index in [2.05, 4.69) is 5.32 Å². The zero-order chi connectivity index (χ0) is 22.1. The zero-order valence-corrected chi connectivity index (χ0v) is 17.9. The molecule has 0 spiro atoms. The molecule has 2 aromatic carbocycles. The fourth-order valence-electron chi connectivity index (χ4n) is 2.24. The lowest BCUT2D eigenvalue weighted by molar-refractivity contribution is 0.0483. The predicted octanol–water partition coefficient (Wildman–Crippen LogP) is 3.36. The summed E-state index contributed by atoms with van der Waals surface area (Å²) in [6.45, 7) is 7.13. The van der Waals surface area contributed by atoms with Crippen LogP contribution in [-0.2, 0) is 21.3 Å². The van der Waals surface area contributed by atoms with Crippen molar-refractivity contribution >= 4 is 16.2 Å². The summed E-state index contributed by atoms with van der Waals surface area (Å²) >= 11 is 0. The van der Waals surface area contributed by atoms with Gasteiger partial charge in [0.25, 0.3) is 10.1 Å². The standard InChI is InChI=1S/C14H21NO3.C7H8O3S/c1-14(2,3)18-13(17)15-12(10-16)9-11-7-5-4-6-8-11;1-6-2-4-7(5-3-6)11(8,9)10/h4-8,12,16H,9-10H2,1-3H3,(H,15,17);2-5H,1H3,(H,8,9,10)/t12-;/m0./s1. The van der Waals surface area contributed by atoms with Gasteiger partial charge < -0.3 is 15.2 Å². The first-order valence-electron chi connectivity index (χ1n) is 9.09. The molecule has 0 aliphatic rings. The Bertz CT molecular complexity index is 858. The largest absolute Gasteiger partial charge is 0.444 e. The molecule has 0 fully saturated rings. The van der Waals surface area contributed by atoms with Crippen LogP contribution in [0.4, 0.5) is 4.79 Å². The van der Waals surface area contributed by atoms with Crippen LogP contribution >= 0.6 is 0 Å². The van der Waals surface area contributed by atoms with E-state index in [1.165, 1.54) is 12.1 Å². The average molecular weight is 424 g/mol. The lowest BCUT2D eigenvalue weighted by atomic mass is 10.1. The summed E-state index contributed by atoms with van der Waals surface area (Å²) in [6, 6.07) is 15.4. The van der Waals surface area contributed by atoms with Crippen LogP contribution < -0.4 is 5.32 Å². The topological polar surface area (TPSA) is 113 Å². The van der Waals surface area contributed by atoms with E-state index in [0.29, 0.717) is 6.42 Å². The molecule has 0 aliphatic carbocycles. The van der Waals surface area contributed by atoms with Crippen molar-refractivity contribution in [2.45, 2.75) is 50.7 Å². The van der Waals surface area contributed by atoms with Crippen molar-refractivity contribution in [1.82, 2.24) is 5.32 Å². The van der Waals surface area contributed by atoms with Gasteiger partial charge in [0.2, 0.25) is 0 Å². The van der Waals surface area contributed by atoms with Gasteiger partial charge in [-0.2, -0.15) is 8.42 Å². The van der Waals surface area contributed by atoms with Crippen LogP contribution in [0.25, 0.3) is 0 Å². The van der Waals surface area contributed by atoms with Crippen LogP contribution in [0.2, 0.25) is 0 Å². The molecule has 0 saturated carbocycles. The number of rotatable bonds is 5. The van der Waals surface area contributed by atoms with E-state index < -0.39 is 21.8 Å². The molecular weight excluding hydrogens is 394 g/mol. The second-order valence-corrected chi connectivity index (χ2v) is 8.93. The van der Waals surface area contributed by atoms with Gasteiger partial charge >= 0.3 is 6.09 Å². The van der Waals surface area contributed by atoms with Crippen molar-refractivity contribution in [3.63, 3.8) is 0 Å². The number of aliphatic hydroxyl groups excluding tert-OH is 1. The van der Waals surface area contributed by atoms with E-state index in [1.54, 1.807) is 32.9 Å². The molecule has 160 valence electrons. The van der Waals surface area contributed by atoms with E-state index in [1.807, 2.05) is 37.3 Å². The third kappa shape index (κ3) is 10.6. The molecule has 1 atom stereocenters. The minimum absolute atomic E-state index is 0.0666. The van der Waals surface area contributed by atoms with Gasteiger partial charge in [0.05, 0.1) is 17.5 Å². The van der Waals surface area contributed by atoms with Crippen LogP contribution in [0.1, 0.15) is 31.9 Å². The summed E-state index contributed by atoms with van der Waals surface area (Å²) in [6.07, 6.45) is 0.0776. The number of hydrogen-bond donors (Lipinski definition) is 3. The molecule has 0 radical (unpaired) electrons. The predicted molar refractivity (Wildman–Crippen MR) is 111 cm³/mol. The molecule has 0 bridgehead atoms. The highest BCUT2D eigenvalue weighted by atomic mass is 32.2. The van der Waals surface area contributed by atoms with Crippen molar-refractivity contribution in [1.29, 1.82) is 0 Å². The number of benzene rings is 2. The Morgan fingerprint density at radius 1 is 1.07 bits per heavy atom. The third-order valence-electron chi connectivity index (χ3n) is 3.59. The van der Waals surface area contributed by atoms with Crippen molar-refractivity contribution in [3.05, 3.63) is 65.7 Å². The molecule has 0 aromatic heterocycles.